The Morgan fingerprint density at radius 1 is 1.40 bits per heavy atom. The van der Waals surface area contributed by atoms with E-state index < -0.39 is 0 Å². The molecule has 3 nitrogen and oxygen atoms in total. The lowest BCUT2D eigenvalue weighted by Gasteiger charge is -2.27. The van der Waals surface area contributed by atoms with Gasteiger partial charge in [0.1, 0.15) is 5.82 Å². The normalized spacial score (nSPS) is 11.2. The summed E-state index contributed by atoms with van der Waals surface area (Å²) < 4.78 is 0. The fourth-order valence-corrected chi connectivity index (χ4v) is 1.72. The van der Waals surface area contributed by atoms with Gasteiger partial charge >= 0.3 is 0 Å². The zero-order chi connectivity index (χ0) is 11.3. The van der Waals surface area contributed by atoms with Crippen molar-refractivity contribution in [3.05, 3.63) is 18.3 Å². The molecular formula is C12H21N3. The van der Waals surface area contributed by atoms with Crippen molar-refractivity contribution in [1.82, 2.24) is 4.98 Å². The highest BCUT2D eigenvalue weighted by molar-refractivity contribution is 5.52. The van der Waals surface area contributed by atoms with Crippen molar-refractivity contribution in [3.63, 3.8) is 0 Å². The lowest BCUT2D eigenvalue weighted by molar-refractivity contribution is 0.511. The number of hydrogen-bond acceptors (Lipinski definition) is 3. The summed E-state index contributed by atoms with van der Waals surface area (Å²) in [5.41, 5.74) is 1.26. The van der Waals surface area contributed by atoms with Gasteiger partial charge in [-0.25, -0.2) is 4.98 Å². The highest BCUT2D eigenvalue weighted by atomic mass is 15.0. The number of rotatable bonds is 5. The van der Waals surface area contributed by atoms with Crippen LogP contribution in [0.5, 0.6) is 0 Å². The first kappa shape index (κ1) is 11.8. The Morgan fingerprint density at radius 2 is 2.13 bits per heavy atom. The molecular weight excluding hydrogens is 186 g/mol. The first-order valence-electron chi connectivity index (χ1n) is 5.49. The number of anilines is 2. The van der Waals surface area contributed by atoms with Crippen LogP contribution in [0, 0.1) is 0 Å². The SMILES string of the molecule is CCCC(C)(C)Nc1ccnc(NC)c1. The molecule has 0 fully saturated rings. The number of aromatic nitrogens is 1. The molecule has 15 heavy (non-hydrogen) atoms. The summed E-state index contributed by atoms with van der Waals surface area (Å²) in [7, 11) is 1.88. The molecule has 0 spiro atoms. The third kappa shape index (κ3) is 3.78. The monoisotopic (exact) mass is 207 g/mol. The molecule has 0 saturated carbocycles. The van der Waals surface area contributed by atoms with E-state index in [0.717, 1.165) is 17.9 Å². The van der Waals surface area contributed by atoms with Crippen LogP contribution in [-0.4, -0.2) is 17.6 Å². The van der Waals surface area contributed by atoms with Gasteiger partial charge in [0.15, 0.2) is 0 Å². The van der Waals surface area contributed by atoms with E-state index in [2.05, 4.69) is 36.4 Å². The first-order valence-corrected chi connectivity index (χ1v) is 5.49. The van der Waals surface area contributed by atoms with Crippen molar-refractivity contribution in [2.75, 3.05) is 17.7 Å². The third-order valence-electron chi connectivity index (χ3n) is 2.37. The largest absolute Gasteiger partial charge is 0.380 e. The van der Waals surface area contributed by atoms with Crippen LogP contribution in [0.25, 0.3) is 0 Å². The van der Waals surface area contributed by atoms with Gasteiger partial charge in [-0.2, -0.15) is 0 Å². The molecule has 1 aromatic rings. The molecule has 0 aromatic carbocycles. The van der Waals surface area contributed by atoms with Gasteiger partial charge in [0, 0.05) is 30.5 Å². The Balaban J connectivity index is 2.71. The van der Waals surface area contributed by atoms with Crippen LogP contribution in [0.3, 0.4) is 0 Å². The lowest BCUT2D eigenvalue weighted by atomic mass is 9.98. The van der Waals surface area contributed by atoms with E-state index in [1.165, 1.54) is 6.42 Å². The van der Waals surface area contributed by atoms with E-state index in [1.54, 1.807) is 0 Å². The molecule has 0 aliphatic carbocycles. The summed E-state index contributed by atoms with van der Waals surface area (Å²) in [5.74, 6) is 0.896. The maximum absolute atomic E-state index is 4.18. The van der Waals surface area contributed by atoms with Crippen molar-refractivity contribution in [1.29, 1.82) is 0 Å². The highest BCUT2D eigenvalue weighted by Gasteiger charge is 2.15. The molecule has 0 atom stereocenters. The van der Waals surface area contributed by atoms with Crippen LogP contribution in [0.4, 0.5) is 11.5 Å². The second-order valence-electron chi connectivity index (χ2n) is 4.44. The van der Waals surface area contributed by atoms with Gasteiger partial charge in [-0.1, -0.05) is 13.3 Å². The Hall–Kier alpha value is -1.25. The van der Waals surface area contributed by atoms with Gasteiger partial charge in [-0.3, -0.25) is 0 Å². The molecule has 0 unspecified atom stereocenters. The predicted molar refractivity (Wildman–Crippen MR) is 66.4 cm³/mol. The Morgan fingerprint density at radius 3 is 2.73 bits per heavy atom. The third-order valence-corrected chi connectivity index (χ3v) is 2.37. The van der Waals surface area contributed by atoms with Gasteiger partial charge in [0.05, 0.1) is 0 Å². The topological polar surface area (TPSA) is 37.0 Å². The molecule has 3 heteroatoms. The maximum atomic E-state index is 4.18. The summed E-state index contributed by atoms with van der Waals surface area (Å²) in [6.07, 6.45) is 4.16. The van der Waals surface area contributed by atoms with Gasteiger partial charge < -0.3 is 10.6 Å². The Labute approximate surface area is 92.3 Å². The van der Waals surface area contributed by atoms with E-state index in [0.29, 0.717) is 0 Å². The average Bonchev–Trinajstić information content (AvgIpc) is 2.17. The van der Waals surface area contributed by atoms with Crippen molar-refractivity contribution in [3.8, 4) is 0 Å². The van der Waals surface area contributed by atoms with Crippen LogP contribution in [0.1, 0.15) is 33.6 Å². The maximum Gasteiger partial charge on any atom is 0.127 e. The van der Waals surface area contributed by atoms with Crippen molar-refractivity contribution in [2.45, 2.75) is 39.2 Å². The van der Waals surface area contributed by atoms with Gasteiger partial charge in [0.25, 0.3) is 0 Å². The van der Waals surface area contributed by atoms with Crippen molar-refractivity contribution in [2.24, 2.45) is 0 Å². The molecule has 0 bridgehead atoms. The summed E-state index contributed by atoms with van der Waals surface area (Å²) in [5, 5.41) is 6.55. The average molecular weight is 207 g/mol. The zero-order valence-electron chi connectivity index (χ0n) is 10.1. The fourth-order valence-electron chi connectivity index (χ4n) is 1.72. The van der Waals surface area contributed by atoms with Crippen molar-refractivity contribution >= 4 is 11.5 Å². The number of pyridine rings is 1. The van der Waals surface area contributed by atoms with Crippen LogP contribution in [0.2, 0.25) is 0 Å². The molecule has 0 aliphatic rings. The summed E-state index contributed by atoms with van der Waals surface area (Å²) in [6, 6.07) is 4.02. The number of nitrogens with one attached hydrogen (secondary N) is 2. The molecule has 1 heterocycles. The lowest BCUT2D eigenvalue weighted by Crippen LogP contribution is -2.30. The van der Waals surface area contributed by atoms with Crippen LogP contribution in [0.15, 0.2) is 18.3 Å². The Kier molecular flexibility index (Phi) is 3.95. The van der Waals surface area contributed by atoms with E-state index >= 15 is 0 Å². The fraction of sp³-hybridized carbons (Fsp3) is 0.583. The molecule has 0 aliphatic heterocycles. The van der Waals surface area contributed by atoms with E-state index in [-0.39, 0.29) is 5.54 Å². The summed E-state index contributed by atoms with van der Waals surface area (Å²) in [4.78, 5) is 4.18. The molecule has 0 amide bonds. The molecule has 2 N–H and O–H groups in total. The van der Waals surface area contributed by atoms with E-state index in [9.17, 15) is 0 Å². The quantitative estimate of drug-likeness (QED) is 0.779. The number of hydrogen-bond donors (Lipinski definition) is 2. The minimum atomic E-state index is 0.140. The second kappa shape index (κ2) is 5.01. The molecule has 0 saturated heterocycles. The molecule has 1 aromatic heterocycles. The van der Waals surface area contributed by atoms with Crippen LogP contribution < -0.4 is 10.6 Å². The first-order chi connectivity index (χ1) is 7.07. The van der Waals surface area contributed by atoms with Gasteiger partial charge in [-0.15, -0.1) is 0 Å². The highest BCUT2D eigenvalue weighted by Crippen LogP contribution is 2.20. The van der Waals surface area contributed by atoms with Gasteiger partial charge in [-0.05, 0) is 26.3 Å². The molecule has 1 rings (SSSR count). The van der Waals surface area contributed by atoms with E-state index in [4.69, 9.17) is 0 Å². The minimum Gasteiger partial charge on any atom is -0.380 e. The molecule has 0 radical (unpaired) electrons. The van der Waals surface area contributed by atoms with Crippen molar-refractivity contribution < 1.29 is 0 Å². The predicted octanol–water partition coefficient (Wildman–Crippen LogP) is 3.11. The Bertz CT molecular complexity index is 307. The minimum absolute atomic E-state index is 0.140. The van der Waals surface area contributed by atoms with E-state index in [1.807, 2.05) is 25.4 Å². The summed E-state index contributed by atoms with van der Waals surface area (Å²) >= 11 is 0. The van der Waals surface area contributed by atoms with Crippen LogP contribution >= 0.6 is 0 Å². The zero-order valence-corrected chi connectivity index (χ0v) is 10.1. The van der Waals surface area contributed by atoms with Crippen LogP contribution in [-0.2, 0) is 0 Å². The van der Waals surface area contributed by atoms with Gasteiger partial charge in [0.2, 0.25) is 0 Å². The second-order valence-corrected chi connectivity index (χ2v) is 4.44. The standard InChI is InChI=1S/C12H21N3/c1-5-7-12(2,3)15-10-6-8-14-11(9-10)13-4/h6,8-9H,5,7H2,1-4H3,(H2,13,14,15). The molecule has 84 valence electrons. The number of nitrogens with zero attached hydrogens (tertiary/aromatic N) is 1. The smallest absolute Gasteiger partial charge is 0.127 e. The summed E-state index contributed by atoms with van der Waals surface area (Å²) in [6.45, 7) is 6.64.